The highest BCUT2D eigenvalue weighted by Crippen LogP contribution is 2.22. The van der Waals surface area contributed by atoms with E-state index >= 15 is 0 Å². The summed E-state index contributed by atoms with van der Waals surface area (Å²) in [6, 6.07) is 37.8. The van der Waals surface area contributed by atoms with Gasteiger partial charge >= 0.3 is 0 Å². The van der Waals surface area contributed by atoms with Crippen LogP contribution in [0.3, 0.4) is 0 Å². The second-order valence-corrected chi connectivity index (χ2v) is 9.46. The quantitative estimate of drug-likeness (QED) is 0.172. The second kappa shape index (κ2) is 13.7. The Bertz CT molecular complexity index is 1610. The Hall–Kier alpha value is -5.82. The van der Waals surface area contributed by atoms with Gasteiger partial charge in [-0.15, -0.1) is 0 Å². The van der Waals surface area contributed by atoms with Crippen LogP contribution in [0.1, 0.15) is 34.6 Å². The standard InChI is InChI=1S/C34H27N5O2.C2H6/c40-33(25-5-17-31(18-6-25)38-21-1-2-22-38)36-29-13-9-27(10-14-29)35-28-11-15-30(16-12-28)37-34(41)26-7-19-32(20-8-26)39-23-3-4-24-39;1-2/h1-24,35H,(H,36,40)(H,37,41);1-2H3. The summed E-state index contributed by atoms with van der Waals surface area (Å²) in [6.07, 6.45) is 7.85. The van der Waals surface area contributed by atoms with Crippen LogP contribution in [-0.2, 0) is 0 Å². The fraction of sp³-hybridized carbons (Fsp3) is 0.0556. The van der Waals surface area contributed by atoms with Crippen molar-refractivity contribution in [3.05, 3.63) is 157 Å². The highest BCUT2D eigenvalue weighted by atomic mass is 16.2. The number of hydrogen-bond acceptors (Lipinski definition) is 3. The van der Waals surface area contributed by atoms with Gasteiger partial charge in [-0.3, -0.25) is 9.59 Å². The lowest BCUT2D eigenvalue weighted by molar-refractivity contribution is 0.101. The average Bonchev–Trinajstić information content (AvgIpc) is 3.80. The molecule has 214 valence electrons. The van der Waals surface area contributed by atoms with Crippen LogP contribution in [0, 0.1) is 0 Å². The zero-order valence-corrected chi connectivity index (χ0v) is 24.1. The molecule has 0 bridgehead atoms. The van der Waals surface area contributed by atoms with Gasteiger partial charge in [0.05, 0.1) is 0 Å². The van der Waals surface area contributed by atoms with Crippen LogP contribution in [0.2, 0.25) is 0 Å². The molecule has 7 heteroatoms. The van der Waals surface area contributed by atoms with Crippen molar-refractivity contribution in [1.29, 1.82) is 0 Å². The molecule has 6 rings (SSSR count). The van der Waals surface area contributed by atoms with Crippen molar-refractivity contribution >= 4 is 34.6 Å². The molecular formula is C36H33N5O2. The number of anilines is 4. The molecule has 2 amide bonds. The number of rotatable bonds is 8. The van der Waals surface area contributed by atoms with Crippen molar-refractivity contribution in [1.82, 2.24) is 9.13 Å². The Kier molecular flexibility index (Phi) is 9.14. The van der Waals surface area contributed by atoms with Crippen LogP contribution >= 0.6 is 0 Å². The predicted octanol–water partition coefficient (Wildman–Crippen LogP) is 8.54. The van der Waals surface area contributed by atoms with Gasteiger partial charge in [0.15, 0.2) is 0 Å². The number of hydrogen-bond donors (Lipinski definition) is 3. The third-order valence-corrected chi connectivity index (χ3v) is 6.64. The molecule has 0 aliphatic carbocycles. The molecule has 0 radical (unpaired) electrons. The minimum absolute atomic E-state index is 0.167. The first-order valence-corrected chi connectivity index (χ1v) is 14.2. The van der Waals surface area contributed by atoms with Gasteiger partial charge in [0, 0.05) is 70.0 Å². The molecule has 0 saturated heterocycles. The maximum atomic E-state index is 12.7. The molecule has 0 spiro atoms. The fourth-order valence-electron chi connectivity index (χ4n) is 4.43. The summed E-state index contributed by atoms with van der Waals surface area (Å²) in [4.78, 5) is 25.4. The Morgan fingerprint density at radius 3 is 1.07 bits per heavy atom. The maximum Gasteiger partial charge on any atom is 0.255 e. The van der Waals surface area contributed by atoms with Crippen molar-refractivity contribution in [2.45, 2.75) is 13.8 Å². The SMILES string of the molecule is CC.O=C(Nc1ccc(Nc2ccc(NC(=O)c3ccc(-n4cccc4)cc3)cc2)cc1)c1ccc(-n2cccc2)cc1. The number of carbonyl (C=O) groups is 2. The van der Waals surface area contributed by atoms with Gasteiger partial charge in [-0.2, -0.15) is 0 Å². The van der Waals surface area contributed by atoms with E-state index in [0.717, 1.165) is 22.7 Å². The number of amides is 2. The number of nitrogens with zero attached hydrogens (tertiary/aromatic N) is 2. The molecule has 0 aliphatic rings. The van der Waals surface area contributed by atoms with Gasteiger partial charge < -0.3 is 25.1 Å². The van der Waals surface area contributed by atoms with Gasteiger partial charge in [-0.1, -0.05) is 13.8 Å². The fourth-order valence-corrected chi connectivity index (χ4v) is 4.43. The molecule has 43 heavy (non-hydrogen) atoms. The molecule has 0 fully saturated rings. The highest BCUT2D eigenvalue weighted by molar-refractivity contribution is 6.05. The van der Waals surface area contributed by atoms with Crippen LogP contribution in [-0.4, -0.2) is 20.9 Å². The van der Waals surface area contributed by atoms with Crippen LogP contribution < -0.4 is 16.0 Å². The topological polar surface area (TPSA) is 80.1 Å². The van der Waals surface area contributed by atoms with Crippen LogP contribution in [0.5, 0.6) is 0 Å². The summed E-state index contributed by atoms with van der Waals surface area (Å²) in [6.45, 7) is 4.00. The summed E-state index contributed by atoms with van der Waals surface area (Å²) >= 11 is 0. The number of benzene rings is 4. The first-order valence-electron chi connectivity index (χ1n) is 14.2. The van der Waals surface area contributed by atoms with E-state index in [1.807, 2.05) is 169 Å². The van der Waals surface area contributed by atoms with E-state index in [1.54, 1.807) is 0 Å². The summed E-state index contributed by atoms with van der Waals surface area (Å²) in [5.74, 6) is -0.335. The van der Waals surface area contributed by atoms with Crippen LogP contribution in [0.15, 0.2) is 146 Å². The highest BCUT2D eigenvalue weighted by Gasteiger charge is 2.08. The summed E-state index contributed by atoms with van der Waals surface area (Å²) in [7, 11) is 0. The van der Waals surface area contributed by atoms with Crippen molar-refractivity contribution < 1.29 is 9.59 Å². The lowest BCUT2D eigenvalue weighted by Crippen LogP contribution is -2.12. The molecular weight excluding hydrogens is 534 g/mol. The van der Waals surface area contributed by atoms with Crippen LogP contribution in [0.25, 0.3) is 11.4 Å². The Morgan fingerprint density at radius 2 is 0.744 bits per heavy atom. The zero-order chi connectivity index (χ0) is 30.0. The molecule has 2 heterocycles. The lowest BCUT2D eigenvalue weighted by Gasteiger charge is -2.11. The molecule has 0 aliphatic heterocycles. The summed E-state index contributed by atoms with van der Waals surface area (Å²) in [5.41, 5.74) is 6.32. The third kappa shape index (κ3) is 7.28. The number of nitrogens with one attached hydrogen (secondary N) is 3. The minimum Gasteiger partial charge on any atom is -0.356 e. The van der Waals surface area contributed by atoms with Gasteiger partial charge in [0.1, 0.15) is 0 Å². The first-order chi connectivity index (χ1) is 21.1. The zero-order valence-electron chi connectivity index (χ0n) is 24.1. The van der Waals surface area contributed by atoms with Crippen molar-refractivity contribution in [3.63, 3.8) is 0 Å². The average molecular weight is 568 g/mol. The minimum atomic E-state index is -0.167. The number of carbonyl (C=O) groups excluding carboxylic acids is 2. The Balaban J connectivity index is 0.00000180. The van der Waals surface area contributed by atoms with Crippen molar-refractivity contribution in [2.75, 3.05) is 16.0 Å². The van der Waals surface area contributed by atoms with E-state index in [2.05, 4.69) is 16.0 Å². The molecule has 3 N–H and O–H groups in total. The van der Waals surface area contributed by atoms with Crippen molar-refractivity contribution in [3.8, 4) is 11.4 Å². The second-order valence-electron chi connectivity index (χ2n) is 9.46. The van der Waals surface area contributed by atoms with E-state index in [9.17, 15) is 9.59 Å². The molecule has 0 atom stereocenters. The predicted molar refractivity (Wildman–Crippen MR) is 175 cm³/mol. The summed E-state index contributed by atoms with van der Waals surface area (Å²) in [5, 5.41) is 9.21. The van der Waals surface area contributed by atoms with Gasteiger partial charge in [0.25, 0.3) is 11.8 Å². The largest absolute Gasteiger partial charge is 0.356 e. The van der Waals surface area contributed by atoms with E-state index in [1.165, 1.54) is 0 Å². The van der Waals surface area contributed by atoms with Gasteiger partial charge in [0.2, 0.25) is 0 Å². The van der Waals surface area contributed by atoms with E-state index in [-0.39, 0.29) is 11.8 Å². The lowest BCUT2D eigenvalue weighted by atomic mass is 10.1. The smallest absolute Gasteiger partial charge is 0.255 e. The molecule has 6 aromatic rings. The van der Waals surface area contributed by atoms with Crippen molar-refractivity contribution in [2.24, 2.45) is 0 Å². The molecule has 0 saturated carbocycles. The van der Waals surface area contributed by atoms with E-state index in [4.69, 9.17) is 0 Å². The van der Waals surface area contributed by atoms with E-state index in [0.29, 0.717) is 22.5 Å². The van der Waals surface area contributed by atoms with Gasteiger partial charge in [-0.05, 0) is 121 Å². The summed E-state index contributed by atoms with van der Waals surface area (Å²) < 4.78 is 3.98. The molecule has 7 nitrogen and oxygen atoms in total. The van der Waals surface area contributed by atoms with Gasteiger partial charge in [-0.25, -0.2) is 0 Å². The third-order valence-electron chi connectivity index (χ3n) is 6.64. The molecule has 4 aromatic carbocycles. The maximum absolute atomic E-state index is 12.7. The Morgan fingerprint density at radius 1 is 0.442 bits per heavy atom. The van der Waals surface area contributed by atoms with E-state index < -0.39 is 0 Å². The Labute approximate surface area is 251 Å². The first kappa shape index (κ1) is 28.7. The van der Waals surface area contributed by atoms with Crippen LogP contribution in [0.4, 0.5) is 22.7 Å². The molecule has 0 unspecified atom stereocenters. The normalized spacial score (nSPS) is 10.3. The number of aromatic nitrogens is 2. The molecule has 2 aromatic heterocycles. The monoisotopic (exact) mass is 567 g/mol.